The highest BCUT2D eigenvalue weighted by molar-refractivity contribution is 6.10. The van der Waals surface area contributed by atoms with Crippen LogP contribution in [0.3, 0.4) is 0 Å². The van der Waals surface area contributed by atoms with E-state index in [1.165, 1.54) is 83.1 Å². The normalized spacial score (nSPS) is 12.7. The summed E-state index contributed by atoms with van der Waals surface area (Å²) < 4.78 is 8.59. The third kappa shape index (κ3) is 6.81. The van der Waals surface area contributed by atoms with Gasteiger partial charge in [-0.05, 0) is 152 Å². The number of benzene rings is 11. The first kappa shape index (κ1) is 41.8. The smallest absolute Gasteiger partial charge is 0.136 e. The SMILES string of the molecule is CC1(C)c2ccccc2-c2ccc(N(c3ccc(-c4ccc(-c5ccc6c(c5)oc5ccccc56)cc4)cc3)c3ccc(-c4ccc(-c5ccc6c(c5)c5ccccc5n6-c5ccccc5)cc4)cc3)cc21. The highest BCUT2D eigenvalue weighted by Gasteiger charge is 2.35. The van der Waals surface area contributed by atoms with Crippen LogP contribution in [0.15, 0.2) is 259 Å². The van der Waals surface area contributed by atoms with Crippen LogP contribution in [0.5, 0.6) is 0 Å². The molecule has 0 N–H and O–H groups in total. The summed E-state index contributed by atoms with van der Waals surface area (Å²) >= 11 is 0. The lowest BCUT2D eigenvalue weighted by Crippen LogP contribution is -2.16. The van der Waals surface area contributed by atoms with Gasteiger partial charge < -0.3 is 13.9 Å². The van der Waals surface area contributed by atoms with E-state index in [0.29, 0.717) is 0 Å². The molecule has 0 bridgehead atoms. The monoisotopic (exact) mass is 920 g/mol. The van der Waals surface area contributed by atoms with Crippen LogP contribution in [0.1, 0.15) is 25.0 Å². The molecule has 2 heterocycles. The Hall–Kier alpha value is -9.18. The van der Waals surface area contributed by atoms with Gasteiger partial charge in [0.05, 0.1) is 11.0 Å². The average molecular weight is 921 g/mol. The zero-order valence-corrected chi connectivity index (χ0v) is 40.1. The van der Waals surface area contributed by atoms with Crippen LogP contribution in [0.25, 0.3) is 105 Å². The first-order valence-corrected chi connectivity index (χ1v) is 24.9. The van der Waals surface area contributed by atoms with E-state index in [-0.39, 0.29) is 5.41 Å². The Morgan fingerprint density at radius 3 is 1.47 bits per heavy atom. The molecule has 72 heavy (non-hydrogen) atoms. The number of hydrogen-bond donors (Lipinski definition) is 0. The fourth-order valence-corrected chi connectivity index (χ4v) is 11.5. The summed E-state index contributed by atoms with van der Waals surface area (Å²) in [5, 5.41) is 4.81. The molecule has 2 aromatic heterocycles. The first-order valence-electron chi connectivity index (χ1n) is 24.9. The van der Waals surface area contributed by atoms with Gasteiger partial charge in [0.1, 0.15) is 11.2 Å². The predicted octanol–water partition coefficient (Wildman–Crippen LogP) is 19.1. The van der Waals surface area contributed by atoms with E-state index in [0.717, 1.165) is 50.1 Å². The van der Waals surface area contributed by atoms with E-state index < -0.39 is 0 Å². The highest BCUT2D eigenvalue weighted by atomic mass is 16.3. The topological polar surface area (TPSA) is 21.3 Å². The summed E-state index contributed by atoms with van der Waals surface area (Å²) in [6.45, 7) is 4.71. The summed E-state index contributed by atoms with van der Waals surface area (Å²) in [4.78, 5) is 2.40. The van der Waals surface area contributed by atoms with Crippen LogP contribution < -0.4 is 4.90 Å². The Morgan fingerprint density at radius 1 is 0.319 bits per heavy atom. The quantitative estimate of drug-likeness (QED) is 0.151. The van der Waals surface area contributed by atoms with Crippen molar-refractivity contribution in [1.29, 1.82) is 0 Å². The number of hydrogen-bond acceptors (Lipinski definition) is 2. The van der Waals surface area contributed by atoms with E-state index in [1.807, 2.05) is 12.1 Å². The third-order valence-electron chi connectivity index (χ3n) is 15.2. The van der Waals surface area contributed by atoms with Gasteiger partial charge >= 0.3 is 0 Å². The summed E-state index contributed by atoms with van der Waals surface area (Å²) in [5.74, 6) is 0. The second kappa shape index (κ2) is 16.5. The van der Waals surface area contributed by atoms with Gasteiger partial charge in [-0.1, -0.05) is 184 Å². The molecule has 14 rings (SSSR count). The van der Waals surface area contributed by atoms with Gasteiger partial charge in [-0.3, -0.25) is 0 Å². The van der Waals surface area contributed by atoms with Crippen LogP contribution in [0.4, 0.5) is 17.1 Å². The molecular weight excluding hydrogens is 873 g/mol. The fraction of sp³-hybridized carbons (Fsp3) is 0.0435. The van der Waals surface area contributed by atoms with Crippen molar-refractivity contribution in [2.45, 2.75) is 19.3 Å². The average Bonchev–Trinajstić information content (AvgIpc) is 4.06. The van der Waals surface area contributed by atoms with Crippen molar-refractivity contribution in [2.24, 2.45) is 0 Å². The molecule has 0 fully saturated rings. The van der Waals surface area contributed by atoms with Crippen molar-refractivity contribution < 1.29 is 4.42 Å². The molecule has 0 unspecified atom stereocenters. The summed E-state index contributed by atoms with van der Waals surface area (Å²) in [7, 11) is 0. The number of aromatic nitrogens is 1. The molecule has 340 valence electrons. The van der Waals surface area contributed by atoms with Gasteiger partial charge in [0.15, 0.2) is 0 Å². The van der Waals surface area contributed by atoms with E-state index in [4.69, 9.17) is 4.42 Å². The maximum Gasteiger partial charge on any atom is 0.136 e. The third-order valence-corrected chi connectivity index (χ3v) is 15.2. The number of para-hydroxylation sites is 3. The molecule has 0 atom stereocenters. The molecule has 0 amide bonds. The molecule has 3 nitrogen and oxygen atoms in total. The second-order valence-corrected chi connectivity index (χ2v) is 19.7. The molecule has 0 aliphatic heterocycles. The number of fused-ring (bicyclic) bond motifs is 9. The largest absolute Gasteiger partial charge is 0.456 e. The highest BCUT2D eigenvalue weighted by Crippen LogP contribution is 2.51. The Morgan fingerprint density at radius 2 is 0.792 bits per heavy atom. The molecule has 13 aromatic rings. The minimum atomic E-state index is -0.121. The van der Waals surface area contributed by atoms with E-state index in [9.17, 15) is 0 Å². The summed E-state index contributed by atoms with van der Waals surface area (Å²) in [6, 6.07) is 92.9. The minimum absolute atomic E-state index is 0.121. The molecule has 1 aliphatic rings. The predicted molar refractivity (Wildman–Crippen MR) is 302 cm³/mol. The maximum absolute atomic E-state index is 6.22. The number of nitrogens with zero attached hydrogens (tertiary/aromatic N) is 2. The number of rotatable bonds is 8. The molecule has 1 aliphatic carbocycles. The van der Waals surface area contributed by atoms with Crippen molar-refractivity contribution in [3.8, 4) is 61.3 Å². The van der Waals surface area contributed by atoms with Crippen LogP contribution in [-0.4, -0.2) is 4.57 Å². The van der Waals surface area contributed by atoms with Crippen LogP contribution >= 0.6 is 0 Å². The zero-order valence-electron chi connectivity index (χ0n) is 40.1. The Kier molecular flexibility index (Phi) is 9.56. The Labute approximate surface area is 419 Å². The standard InChI is InChI=1S/C69H48N2O/c1-69(2)63-17-9-6-14-57(63)58-40-38-56(44-64(58)69)70(55-36-30-48(31-37-55)46-22-26-50(27-23-46)52-32-39-61-60-16-8-11-19-67(60)72-68(61)43-52)54-34-28-47(29-35-54)45-20-24-49(25-21-45)51-33-41-66-62(42-51)59-15-7-10-18-65(59)71(66)53-12-4-3-5-13-53/h3-44H,1-2H3. The van der Waals surface area contributed by atoms with Gasteiger partial charge in [0, 0.05) is 49.7 Å². The van der Waals surface area contributed by atoms with Crippen molar-refractivity contribution in [3.63, 3.8) is 0 Å². The Bertz CT molecular complexity index is 4200. The lowest BCUT2D eigenvalue weighted by molar-refractivity contribution is 0.660. The summed E-state index contributed by atoms with van der Waals surface area (Å²) in [5.41, 5.74) is 23.4. The van der Waals surface area contributed by atoms with Gasteiger partial charge in [-0.2, -0.15) is 0 Å². The maximum atomic E-state index is 6.22. The molecule has 0 saturated carbocycles. The summed E-state index contributed by atoms with van der Waals surface area (Å²) in [6.07, 6.45) is 0. The van der Waals surface area contributed by atoms with E-state index in [1.54, 1.807) is 0 Å². The zero-order chi connectivity index (χ0) is 47.9. The molecule has 0 saturated heterocycles. The van der Waals surface area contributed by atoms with Gasteiger partial charge in [-0.15, -0.1) is 0 Å². The van der Waals surface area contributed by atoms with E-state index >= 15 is 0 Å². The first-order chi connectivity index (χ1) is 35.4. The molecule has 3 heteroatoms. The van der Waals surface area contributed by atoms with Crippen molar-refractivity contribution in [3.05, 3.63) is 266 Å². The second-order valence-electron chi connectivity index (χ2n) is 19.7. The number of anilines is 3. The molecule has 0 spiro atoms. The van der Waals surface area contributed by atoms with Crippen LogP contribution in [0, 0.1) is 0 Å². The number of furan rings is 1. The van der Waals surface area contributed by atoms with E-state index in [2.05, 4.69) is 266 Å². The minimum Gasteiger partial charge on any atom is -0.456 e. The molecular formula is C69H48N2O. The Balaban J connectivity index is 0.776. The molecule has 0 radical (unpaired) electrons. The fourth-order valence-electron chi connectivity index (χ4n) is 11.5. The van der Waals surface area contributed by atoms with Crippen molar-refractivity contribution in [2.75, 3.05) is 4.90 Å². The van der Waals surface area contributed by atoms with Crippen molar-refractivity contribution in [1.82, 2.24) is 4.57 Å². The van der Waals surface area contributed by atoms with Crippen molar-refractivity contribution >= 4 is 60.8 Å². The van der Waals surface area contributed by atoms with Gasteiger partial charge in [0.2, 0.25) is 0 Å². The van der Waals surface area contributed by atoms with Crippen LogP contribution in [0.2, 0.25) is 0 Å². The lowest BCUT2D eigenvalue weighted by atomic mass is 9.82. The molecule has 11 aromatic carbocycles. The van der Waals surface area contributed by atoms with Gasteiger partial charge in [-0.25, -0.2) is 0 Å². The van der Waals surface area contributed by atoms with Crippen LogP contribution in [-0.2, 0) is 5.41 Å². The van der Waals surface area contributed by atoms with Gasteiger partial charge in [0.25, 0.3) is 0 Å². The lowest BCUT2D eigenvalue weighted by Gasteiger charge is -2.28.